The molecule has 4 nitrogen and oxygen atoms in total. The van der Waals surface area contributed by atoms with Crippen LogP contribution in [-0.2, 0) is 0 Å². The van der Waals surface area contributed by atoms with Crippen molar-refractivity contribution in [1.29, 1.82) is 0 Å². The SMILES string of the molecule is NC(=O)c1ccc(-c2ccc(Oc3ccc(F)cc3)cc2)nc1. The van der Waals surface area contributed by atoms with E-state index in [2.05, 4.69) is 4.98 Å². The minimum Gasteiger partial charge on any atom is -0.457 e. The second kappa shape index (κ2) is 6.27. The van der Waals surface area contributed by atoms with Crippen molar-refractivity contribution in [2.45, 2.75) is 0 Å². The van der Waals surface area contributed by atoms with E-state index in [1.54, 1.807) is 36.4 Å². The van der Waals surface area contributed by atoms with E-state index in [0.717, 1.165) is 11.3 Å². The summed E-state index contributed by atoms with van der Waals surface area (Å²) < 4.78 is 18.5. The van der Waals surface area contributed by atoms with Crippen LogP contribution in [0.5, 0.6) is 11.5 Å². The van der Waals surface area contributed by atoms with Gasteiger partial charge in [0.15, 0.2) is 0 Å². The van der Waals surface area contributed by atoms with Gasteiger partial charge in [-0.2, -0.15) is 0 Å². The Kier molecular flexibility index (Phi) is 4.01. The smallest absolute Gasteiger partial charge is 0.250 e. The molecule has 0 atom stereocenters. The van der Waals surface area contributed by atoms with Gasteiger partial charge >= 0.3 is 0 Å². The molecule has 0 unspecified atom stereocenters. The quantitative estimate of drug-likeness (QED) is 0.797. The largest absolute Gasteiger partial charge is 0.457 e. The Morgan fingerprint density at radius 2 is 1.52 bits per heavy atom. The predicted octanol–water partition coefficient (Wildman–Crippen LogP) is 3.78. The predicted molar refractivity (Wildman–Crippen MR) is 84.7 cm³/mol. The molecule has 0 aliphatic rings. The lowest BCUT2D eigenvalue weighted by molar-refractivity contribution is 0.1000. The lowest BCUT2D eigenvalue weighted by atomic mass is 10.1. The molecule has 1 heterocycles. The third-order valence-corrected chi connectivity index (χ3v) is 3.25. The van der Waals surface area contributed by atoms with Crippen LogP contribution in [0.25, 0.3) is 11.3 Å². The van der Waals surface area contributed by atoms with E-state index < -0.39 is 5.91 Å². The fraction of sp³-hybridized carbons (Fsp3) is 0. The van der Waals surface area contributed by atoms with Gasteiger partial charge in [0.1, 0.15) is 17.3 Å². The lowest BCUT2D eigenvalue weighted by Crippen LogP contribution is -2.10. The van der Waals surface area contributed by atoms with Crippen molar-refractivity contribution in [2.24, 2.45) is 5.73 Å². The van der Waals surface area contributed by atoms with Crippen LogP contribution in [0.1, 0.15) is 10.4 Å². The highest BCUT2D eigenvalue weighted by Crippen LogP contribution is 2.25. The molecule has 0 bridgehead atoms. The number of carbonyl (C=O) groups excluding carboxylic acids is 1. The maximum Gasteiger partial charge on any atom is 0.250 e. The molecular formula is C18H13FN2O2. The molecule has 0 spiro atoms. The molecule has 2 N–H and O–H groups in total. The van der Waals surface area contributed by atoms with Crippen molar-refractivity contribution in [2.75, 3.05) is 0 Å². The van der Waals surface area contributed by atoms with Gasteiger partial charge in [-0.1, -0.05) is 0 Å². The number of nitrogens with zero attached hydrogens (tertiary/aromatic N) is 1. The Morgan fingerprint density at radius 3 is 2.04 bits per heavy atom. The number of nitrogens with two attached hydrogens (primary N) is 1. The van der Waals surface area contributed by atoms with Crippen molar-refractivity contribution in [3.8, 4) is 22.8 Å². The molecule has 2 aromatic carbocycles. The summed E-state index contributed by atoms with van der Waals surface area (Å²) >= 11 is 0. The first-order chi connectivity index (χ1) is 11.1. The summed E-state index contributed by atoms with van der Waals surface area (Å²) in [5, 5.41) is 0. The van der Waals surface area contributed by atoms with E-state index in [9.17, 15) is 9.18 Å². The molecule has 114 valence electrons. The molecule has 0 radical (unpaired) electrons. The molecule has 0 saturated heterocycles. The summed E-state index contributed by atoms with van der Waals surface area (Å²) in [5.41, 5.74) is 7.16. The van der Waals surface area contributed by atoms with Crippen molar-refractivity contribution < 1.29 is 13.9 Å². The average Bonchev–Trinajstić information content (AvgIpc) is 2.58. The summed E-state index contributed by atoms with van der Waals surface area (Å²) in [4.78, 5) is 15.2. The molecule has 3 aromatic rings. The van der Waals surface area contributed by atoms with Gasteiger partial charge in [0, 0.05) is 11.8 Å². The minimum absolute atomic E-state index is 0.307. The number of primary amides is 1. The van der Waals surface area contributed by atoms with E-state index in [0.29, 0.717) is 17.1 Å². The number of rotatable bonds is 4. The fourth-order valence-corrected chi connectivity index (χ4v) is 2.04. The van der Waals surface area contributed by atoms with Crippen LogP contribution >= 0.6 is 0 Å². The Bertz CT molecular complexity index is 813. The van der Waals surface area contributed by atoms with Crippen LogP contribution in [0.2, 0.25) is 0 Å². The fourth-order valence-electron chi connectivity index (χ4n) is 2.04. The maximum absolute atomic E-state index is 12.9. The number of amides is 1. The Hall–Kier alpha value is -3.21. The van der Waals surface area contributed by atoms with E-state index in [4.69, 9.17) is 10.5 Å². The second-order valence-corrected chi connectivity index (χ2v) is 4.88. The zero-order chi connectivity index (χ0) is 16.2. The molecule has 3 rings (SSSR count). The number of carbonyl (C=O) groups is 1. The number of aromatic nitrogens is 1. The van der Waals surface area contributed by atoms with E-state index in [-0.39, 0.29) is 5.82 Å². The van der Waals surface area contributed by atoms with E-state index in [1.807, 2.05) is 12.1 Å². The number of ether oxygens (including phenoxy) is 1. The monoisotopic (exact) mass is 308 g/mol. The average molecular weight is 308 g/mol. The number of hydrogen-bond donors (Lipinski definition) is 1. The molecule has 1 aromatic heterocycles. The summed E-state index contributed by atoms with van der Waals surface area (Å²) in [7, 11) is 0. The van der Waals surface area contributed by atoms with Gasteiger partial charge in [0.2, 0.25) is 5.91 Å². The third kappa shape index (κ3) is 3.52. The normalized spacial score (nSPS) is 10.3. The van der Waals surface area contributed by atoms with Gasteiger partial charge in [-0.3, -0.25) is 9.78 Å². The Morgan fingerprint density at radius 1 is 0.913 bits per heavy atom. The van der Waals surface area contributed by atoms with Gasteiger partial charge in [-0.25, -0.2) is 4.39 Å². The highest BCUT2D eigenvalue weighted by atomic mass is 19.1. The number of pyridine rings is 1. The molecular weight excluding hydrogens is 295 g/mol. The number of hydrogen-bond acceptors (Lipinski definition) is 3. The molecule has 0 aliphatic heterocycles. The summed E-state index contributed by atoms with van der Waals surface area (Å²) in [5.74, 6) is 0.377. The van der Waals surface area contributed by atoms with Crippen LogP contribution in [0, 0.1) is 5.82 Å². The summed E-state index contributed by atoms with van der Waals surface area (Å²) in [6.07, 6.45) is 1.45. The zero-order valence-corrected chi connectivity index (χ0v) is 12.1. The van der Waals surface area contributed by atoms with Crippen LogP contribution in [0.3, 0.4) is 0 Å². The van der Waals surface area contributed by atoms with Gasteiger partial charge < -0.3 is 10.5 Å². The number of benzene rings is 2. The van der Waals surface area contributed by atoms with Gasteiger partial charge in [-0.15, -0.1) is 0 Å². The standard InChI is InChI=1S/C18H13FN2O2/c19-14-4-8-16(9-5-14)23-15-6-1-12(2-7-15)17-10-3-13(11-21-17)18(20)22/h1-11H,(H2,20,22). The first-order valence-corrected chi connectivity index (χ1v) is 6.91. The third-order valence-electron chi connectivity index (χ3n) is 3.25. The van der Waals surface area contributed by atoms with Crippen molar-refractivity contribution >= 4 is 5.91 Å². The van der Waals surface area contributed by atoms with Gasteiger partial charge in [0.25, 0.3) is 0 Å². The van der Waals surface area contributed by atoms with E-state index >= 15 is 0 Å². The first kappa shape index (κ1) is 14.7. The minimum atomic E-state index is -0.507. The van der Waals surface area contributed by atoms with Crippen LogP contribution in [0.4, 0.5) is 4.39 Å². The molecule has 1 amide bonds. The second-order valence-electron chi connectivity index (χ2n) is 4.88. The number of halogens is 1. The van der Waals surface area contributed by atoms with Gasteiger partial charge in [0.05, 0.1) is 11.3 Å². The highest BCUT2D eigenvalue weighted by Gasteiger charge is 2.04. The maximum atomic E-state index is 12.9. The van der Waals surface area contributed by atoms with Crippen LogP contribution in [0.15, 0.2) is 66.9 Å². The highest BCUT2D eigenvalue weighted by molar-refractivity contribution is 5.92. The van der Waals surface area contributed by atoms with Gasteiger partial charge in [-0.05, 0) is 60.7 Å². The summed E-state index contributed by atoms with van der Waals surface area (Å²) in [6.45, 7) is 0. The molecule has 5 heteroatoms. The van der Waals surface area contributed by atoms with Crippen LogP contribution < -0.4 is 10.5 Å². The topological polar surface area (TPSA) is 65.2 Å². The Balaban J connectivity index is 1.76. The van der Waals surface area contributed by atoms with E-state index in [1.165, 1.54) is 18.3 Å². The first-order valence-electron chi connectivity index (χ1n) is 6.91. The zero-order valence-electron chi connectivity index (χ0n) is 12.1. The van der Waals surface area contributed by atoms with Crippen LogP contribution in [-0.4, -0.2) is 10.9 Å². The molecule has 0 saturated carbocycles. The van der Waals surface area contributed by atoms with Crippen molar-refractivity contribution in [3.05, 3.63) is 78.2 Å². The Labute approximate surface area is 132 Å². The molecule has 0 aliphatic carbocycles. The molecule has 0 fully saturated rings. The lowest BCUT2D eigenvalue weighted by Gasteiger charge is -2.07. The van der Waals surface area contributed by atoms with Crippen molar-refractivity contribution in [1.82, 2.24) is 4.98 Å². The van der Waals surface area contributed by atoms with Crippen molar-refractivity contribution in [3.63, 3.8) is 0 Å². The molecule has 23 heavy (non-hydrogen) atoms. The summed E-state index contributed by atoms with van der Waals surface area (Å²) in [6, 6.07) is 16.5.